The summed E-state index contributed by atoms with van der Waals surface area (Å²) in [6.45, 7) is 4.85. The van der Waals surface area contributed by atoms with Gasteiger partial charge in [0.15, 0.2) is 11.5 Å². The molecule has 2 aromatic rings. The molecule has 0 fully saturated rings. The zero-order chi connectivity index (χ0) is 28.8. The van der Waals surface area contributed by atoms with E-state index in [1.165, 1.54) is 0 Å². The van der Waals surface area contributed by atoms with E-state index in [0.717, 1.165) is 11.1 Å². The molecule has 0 radical (unpaired) electrons. The molecule has 226 valence electrons. The number of methoxy groups -OCH3 is 3. The highest BCUT2D eigenvalue weighted by atomic mass is 16.6. The minimum atomic E-state index is 0.0170. The van der Waals surface area contributed by atoms with E-state index in [1.54, 1.807) is 33.5 Å². The van der Waals surface area contributed by atoms with Gasteiger partial charge in [0.05, 0.1) is 94.0 Å². The predicted octanol–water partition coefficient (Wildman–Crippen LogP) is 2.66. The Bertz CT molecular complexity index is 913. The molecule has 0 bridgehead atoms. The molecule has 0 heterocycles. The van der Waals surface area contributed by atoms with Crippen molar-refractivity contribution in [3.05, 3.63) is 41.5 Å². The van der Waals surface area contributed by atoms with Gasteiger partial charge in [-0.3, -0.25) is 0 Å². The first-order chi connectivity index (χ1) is 19.6. The van der Waals surface area contributed by atoms with Gasteiger partial charge in [0.25, 0.3) is 0 Å². The highest BCUT2D eigenvalue weighted by molar-refractivity contribution is 5.54. The number of hydrogen-bond donors (Lipinski definition) is 2. The van der Waals surface area contributed by atoms with Crippen LogP contribution in [-0.2, 0) is 36.5 Å². The zero-order valence-electron chi connectivity index (χ0n) is 23.9. The van der Waals surface area contributed by atoms with Crippen LogP contribution in [0.2, 0.25) is 0 Å². The van der Waals surface area contributed by atoms with Gasteiger partial charge >= 0.3 is 0 Å². The molecule has 40 heavy (non-hydrogen) atoms. The summed E-state index contributed by atoms with van der Waals surface area (Å²) >= 11 is 0. The fourth-order valence-electron chi connectivity index (χ4n) is 3.70. The molecular formula is C29H44O11. The summed E-state index contributed by atoms with van der Waals surface area (Å²) in [4.78, 5) is 0. The van der Waals surface area contributed by atoms with Crippen LogP contribution >= 0.6 is 0 Å². The van der Waals surface area contributed by atoms with Gasteiger partial charge in [-0.1, -0.05) is 0 Å². The van der Waals surface area contributed by atoms with Gasteiger partial charge < -0.3 is 52.8 Å². The first kappa shape index (κ1) is 33.4. The minimum Gasteiger partial charge on any atom is -0.508 e. The Labute approximate surface area is 236 Å². The van der Waals surface area contributed by atoms with Crippen LogP contribution in [0.5, 0.6) is 28.7 Å². The molecule has 0 aromatic heterocycles. The number of phenolic OH excluding ortho intramolecular Hbond substituents is 1. The van der Waals surface area contributed by atoms with Gasteiger partial charge in [-0.2, -0.15) is 0 Å². The summed E-state index contributed by atoms with van der Waals surface area (Å²) in [5.41, 5.74) is 1.97. The Balaban J connectivity index is 1.57. The van der Waals surface area contributed by atoms with Crippen LogP contribution in [-0.4, -0.2) is 111 Å². The number of rotatable bonds is 24. The highest BCUT2D eigenvalue weighted by Crippen LogP contribution is 2.38. The summed E-state index contributed by atoms with van der Waals surface area (Å²) in [5.74, 6) is 2.50. The van der Waals surface area contributed by atoms with Crippen molar-refractivity contribution < 1.29 is 52.8 Å². The standard InChI is InChI=1S/C29H44O11/c1-32-27-20-24(21-28(33-2)29(27)34-3)5-4-23-18-25(31)22-26(19-23)40-17-16-39-15-14-38-13-12-37-11-10-36-9-8-35-7-6-30/h18-22,30-31H,4-17H2,1-3H3. The third-order valence-corrected chi connectivity index (χ3v) is 5.60. The quantitative estimate of drug-likeness (QED) is 0.182. The van der Waals surface area contributed by atoms with Crippen LogP contribution in [0, 0.1) is 0 Å². The molecule has 0 aliphatic heterocycles. The monoisotopic (exact) mass is 568 g/mol. The summed E-state index contributed by atoms with van der Waals surface area (Å²) in [6, 6.07) is 9.07. The molecule has 0 spiro atoms. The topological polar surface area (TPSA) is 124 Å². The lowest BCUT2D eigenvalue weighted by Gasteiger charge is -2.14. The Morgan fingerprint density at radius 1 is 0.525 bits per heavy atom. The second kappa shape index (κ2) is 21.0. The maximum Gasteiger partial charge on any atom is 0.203 e. The fourth-order valence-corrected chi connectivity index (χ4v) is 3.70. The van der Waals surface area contributed by atoms with Crippen LogP contribution in [0.1, 0.15) is 11.1 Å². The van der Waals surface area contributed by atoms with Crippen LogP contribution in [0.3, 0.4) is 0 Å². The van der Waals surface area contributed by atoms with E-state index in [2.05, 4.69) is 0 Å². The molecule has 2 aromatic carbocycles. The number of phenols is 1. The second-order valence-electron chi connectivity index (χ2n) is 8.50. The minimum absolute atomic E-state index is 0.0170. The molecule has 0 saturated carbocycles. The first-order valence-corrected chi connectivity index (χ1v) is 13.4. The van der Waals surface area contributed by atoms with Crippen LogP contribution < -0.4 is 18.9 Å². The van der Waals surface area contributed by atoms with Gasteiger partial charge in [-0.15, -0.1) is 0 Å². The normalized spacial score (nSPS) is 11.0. The number of aromatic hydroxyl groups is 1. The van der Waals surface area contributed by atoms with E-state index in [0.29, 0.717) is 109 Å². The first-order valence-electron chi connectivity index (χ1n) is 13.4. The van der Waals surface area contributed by atoms with E-state index < -0.39 is 0 Å². The second-order valence-corrected chi connectivity index (χ2v) is 8.50. The molecule has 2 rings (SSSR count). The number of aryl methyl sites for hydroxylation is 2. The van der Waals surface area contributed by atoms with Crippen LogP contribution in [0.4, 0.5) is 0 Å². The predicted molar refractivity (Wildman–Crippen MR) is 148 cm³/mol. The largest absolute Gasteiger partial charge is 0.508 e. The third-order valence-electron chi connectivity index (χ3n) is 5.60. The lowest BCUT2D eigenvalue weighted by Crippen LogP contribution is -2.14. The van der Waals surface area contributed by atoms with Crippen molar-refractivity contribution in [2.45, 2.75) is 12.8 Å². The van der Waals surface area contributed by atoms with E-state index in [9.17, 15) is 5.11 Å². The van der Waals surface area contributed by atoms with Gasteiger partial charge in [0, 0.05) is 6.07 Å². The number of hydrogen-bond acceptors (Lipinski definition) is 11. The molecule has 11 heteroatoms. The number of aliphatic hydroxyl groups excluding tert-OH is 1. The maximum absolute atomic E-state index is 10.2. The summed E-state index contributed by atoms with van der Waals surface area (Å²) < 4.78 is 48.9. The smallest absolute Gasteiger partial charge is 0.203 e. The zero-order valence-corrected chi connectivity index (χ0v) is 23.9. The lowest BCUT2D eigenvalue weighted by atomic mass is 10.0. The van der Waals surface area contributed by atoms with Crippen molar-refractivity contribution in [2.24, 2.45) is 0 Å². The maximum atomic E-state index is 10.2. The van der Waals surface area contributed by atoms with Crippen molar-refractivity contribution in [3.8, 4) is 28.7 Å². The number of aliphatic hydroxyl groups is 1. The van der Waals surface area contributed by atoms with E-state index >= 15 is 0 Å². The third kappa shape index (κ3) is 13.5. The highest BCUT2D eigenvalue weighted by Gasteiger charge is 2.13. The molecule has 0 atom stereocenters. The van der Waals surface area contributed by atoms with Gasteiger partial charge in [-0.05, 0) is 48.2 Å². The Hall–Kier alpha value is -2.80. The molecule has 2 N–H and O–H groups in total. The molecule has 0 amide bonds. The number of benzene rings is 2. The molecule has 11 nitrogen and oxygen atoms in total. The SMILES string of the molecule is COc1cc(CCc2cc(O)cc(OCCOCCOCCOCCOCCOCCO)c2)cc(OC)c1OC. The van der Waals surface area contributed by atoms with Crippen LogP contribution in [0.15, 0.2) is 30.3 Å². The summed E-state index contributed by atoms with van der Waals surface area (Å²) in [7, 11) is 4.76. The number of ether oxygens (including phenoxy) is 9. The van der Waals surface area contributed by atoms with Crippen molar-refractivity contribution in [3.63, 3.8) is 0 Å². The van der Waals surface area contributed by atoms with Crippen molar-refractivity contribution in [1.82, 2.24) is 0 Å². The van der Waals surface area contributed by atoms with E-state index in [-0.39, 0.29) is 12.4 Å². The Morgan fingerprint density at radius 3 is 1.43 bits per heavy atom. The summed E-state index contributed by atoms with van der Waals surface area (Å²) in [6.07, 6.45) is 1.40. The van der Waals surface area contributed by atoms with E-state index in [4.69, 9.17) is 47.7 Å². The lowest BCUT2D eigenvalue weighted by molar-refractivity contribution is -0.0146. The average molecular weight is 569 g/mol. The van der Waals surface area contributed by atoms with Crippen molar-refractivity contribution >= 4 is 0 Å². The fraction of sp³-hybridized carbons (Fsp3) is 0.586. The molecular weight excluding hydrogens is 524 g/mol. The Kier molecular flexibility index (Phi) is 17.6. The average Bonchev–Trinajstić information content (AvgIpc) is 2.96. The molecule has 0 saturated heterocycles. The molecule has 0 unspecified atom stereocenters. The molecule has 0 aliphatic rings. The van der Waals surface area contributed by atoms with E-state index in [1.807, 2.05) is 18.2 Å². The van der Waals surface area contributed by atoms with Crippen molar-refractivity contribution in [1.29, 1.82) is 0 Å². The van der Waals surface area contributed by atoms with Gasteiger partial charge in [0.2, 0.25) is 5.75 Å². The van der Waals surface area contributed by atoms with Gasteiger partial charge in [-0.25, -0.2) is 0 Å². The Morgan fingerprint density at radius 2 is 0.975 bits per heavy atom. The van der Waals surface area contributed by atoms with Crippen LogP contribution in [0.25, 0.3) is 0 Å². The van der Waals surface area contributed by atoms with Crippen molar-refractivity contribution in [2.75, 3.05) is 101 Å². The summed E-state index contributed by atoms with van der Waals surface area (Å²) in [5, 5.41) is 18.7. The molecule has 0 aliphatic carbocycles. The van der Waals surface area contributed by atoms with Gasteiger partial charge in [0.1, 0.15) is 18.1 Å².